The van der Waals surface area contributed by atoms with Crippen molar-refractivity contribution < 1.29 is 9.94 Å². The van der Waals surface area contributed by atoms with Gasteiger partial charge in [-0.1, -0.05) is 35.7 Å². The number of hydrogen-bond acceptors (Lipinski definition) is 3. The van der Waals surface area contributed by atoms with Crippen molar-refractivity contribution in [3.63, 3.8) is 0 Å². The molecule has 0 radical (unpaired) electrons. The van der Waals surface area contributed by atoms with E-state index in [1.54, 1.807) is 6.07 Å². The minimum Gasteiger partial charge on any atom is -0.508 e. The van der Waals surface area contributed by atoms with Gasteiger partial charge in [0.2, 0.25) is 0 Å². The summed E-state index contributed by atoms with van der Waals surface area (Å²) in [6, 6.07) is 5.51. The first-order valence-corrected chi connectivity index (χ1v) is 7.39. The molecule has 0 aliphatic heterocycles. The fourth-order valence-corrected chi connectivity index (χ4v) is 2.73. The Labute approximate surface area is 117 Å². The molecule has 1 saturated carbocycles. The Bertz CT molecular complexity index is 391. The van der Waals surface area contributed by atoms with E-state index in [4.69, 9.17) is 4.84 Å². The molecule has 0 amide bonds. The van der Waals surface area contributed by atoms with Gasteiger partial charge in [-0.05, 0) is 37.5 Å². The second kappa shape index (κ2) is 6.55. The lowest BCUT2D eigenvalue weighted by molar-refractivity contribution is -0.0418. The van der Waals surface area contributed by atoms with E-state index in [9.17, 15) is 5.11 Å². The number of hydrogen-bond donors (Lipinski definition) is 2. The zero-order chi connectivity index (χ0) is 13.0. The van der Waals surface area contributed by atoms with E-state index < -0.39 is 0 Å². The smallest absolute Gasteiger partial charge is 0.120 e. The van der Waals surface area contributed by atoms with Crippen molar-refractivity contribution in [2.45, 2.75) is 51.2 Å². The highest BCUT2D eigenvalue weighted by Gasteiger charge is 2.19. The molecule has 1 atom stereocenters. The molecule has 1 unspecified atom stereocenters. The third-order valence-electron chi connectivity index (χ3n) is 3.45. The second-order valence-corrected chi connectivity index (χ2v) is 5.72. The van der Waals surface area contributed by atoms with Crippen LogP contribution < -0.4 is 5.48 Å². The number of nitrogens with one attached hydrogen (secondary N) is 1. The molecule has 0 bridgehead atoms. The highest BCUT2D eigenvalue weighted by molar-refractivity contribution is 9.10. The summed E-state index contributed by atoms with van der Waals surface area (Å²) in [6.07, 6.45) is 5.98. The molecule has 2 rings (SSSR count). The van der Waals surface area contributed by atoms with Crippen molar-refractivity contribution in [1.82, 2.24) is 5.48 Å². The molecule has 100 valence electrons. The van der Waals surface area contributed by atoms with Crippen molar-refractivity contribution in [2.24, 2.45) is 0 Å². The van der Waals surface area contributed by atoms with Gasteiger partial charge in [-0.15, -0.1) is 0 Å². The molecule has 3 nitrogen and oxygen atoms in total. The van der Waals surface area contributed by atoms with Crippen LogP contribution in [-0.4, -0.2) is 11.2 Å². The first-order valence-electron chi connectivity index (χ1n) is 6.60. The van der Waals surface area contributed by atoms with Gasteiger partial charge in [-0.3, -0.25) is 4.84 Å². The molecule has 1 aromatic carbocycles. The molecule has 1 aliphatic rings. The third kappa shape index (κ3) is 3.46. The largest absolute Gasteiger partial charge is 0.508 e. The molecule has 0 aromatic heterocycles. The Morgan fingerprint density at radius 2 is 2.17 bits per heavy atom. The van der Waals surface area contributed by atoms with Crippen LogP contribution in [0.2, 0.25) is 0 Å². The molecule has 0 heterocycles. The zero-order valence-electron chi connectivity index (χ0n) is 10.7. The lowest BCUT2D eigenvalue weighted by Crippen LogP contribution is -2.26. The maximum Gasteiger partial charge on any atom is 0.120 e. The summed E-state index contributed by atoms with van der Waals surface area (Å²) in [5.74, 6) is 0.313. The van der Waals surface area contributed by atoms with Gasteiger partial charge in [-0.25, -0.2) is 0 Å². The van der Waals surface area contributed by atoms with Crippen LogP contribution in [-0.2, 0) is 4.84 Å². The van der Waals surface area contributed by atoms with Crippen LogP contribution in [0.5, 0.6) is 5.75 Å². The highest BCUT2D eigenvalue weighted by Crippen LogP contribution is 2.30. The molecular weight excluding hydrogens is 294 g/mol. The average molecular weight is 314 g/mol. The van der Waals surface area contributed by atoms with Crippen molar-refractivity contribution in [3.05, 3.63) is 28.2 Å². The molecule has 1 aliphatic carbocycles. The van der Waals surface area contributed by atoms with E-state index in [1.165, 1.54) is 12.8 Å². The maximum atomic E-state index is 9.91. The first-order chi connectivity index (χ1) is 8.70. The van der Waals surface area contributed by atoms with Gasteiger partial charge in [-0.2, -0.15) is 5.48 Å². The Kier molecular flexibility index (Phi) is 5.03. The van der Waals surface area contributed by atoms with Crippen LogP contribution >= 0.6 is 15.9 Å². The highest BCUT2D eigenvalue weighted by atomic mass is 79.9. The number of halogens is 1. The number of benzene rings is 1. The summed E-state index contributed by atoms with van der Waals surface area (Å²) in [6.45, 7) is 2.08. The minimum absolute atomic E-state index is 0.0306. The molecule has 0 spiro atoms. The van der Waals surface area contributed by atoms with Crippen LogP contribution in [0.1, 0.15) is 50.6 Å². The summed E-state index contributed by atoms with van der Waals surface area (Å²) in [4.78, 5) is 5.73. The van der Waals surface area contributed by atoms with Crippen molar-refractivity contribution in [3.8, 4) is 5.75 Å². The number of rotatable bonds is 5. The quantitative estimate of drug-likeness (QED) is 0.805. The monoisotopic (exact) mass is 313 g/mol. The summed E-state index contributed by atoms with van der Waals surface area (Å²) in [5.41, 5.74) is 3.99. The maximum absolute atomic E-state index is 9.91. The Hall–Kier alpha value is -0.580. The zero-order valence-corrected chi connectivity index (χ0v) is 12.2. The summed E-state index contributed by atoms with van der Waals surface area (Å²) >= 11 is 3.43. The van der Waals surface area contributed by atoms with Gasteiger partial charge in [0.15, 0.2) is 0 Å². The normalized spacial score (nSPS) is 18.1. The van der Waals surface area contributed by atoms with Crippen LogP contribution in [0.4, 0.5) is 0 Å². The van der Waals surface area contributed by atoms with Crippen LogP contribution in [0.3, 0.4) is 0 Å². The Morgan fingerprint density at radius 1 is 1.44 bits per heavy atom. The number of phenols is 1. The molecule has 2 N–H and O–H groups in total. The lowest BCUT2D eigenvalue weighted by Gasteiger charge is -2.21. The first kappa shape index (κ1) is 13.8. The van der Waals surface area contributed by atoms with Crippen molar-refractivity contribution >= 4 is 15.9 Å². The molecule has 1 fully saturated rings. The topological polar surface area (TPSA) is 41.5 Å². The molecule has 1 aromatic rings. The SMILES string of the molecule is CCC(NOC1CCCC1)c1cc(Br)ccc1O. The minimum atomic E-state index is 0.0306. The van der Waals surface area contributed by atoms with E-state index in [2.05, 4.69) is 28.3 Å². The molecule has 4 heteroatoms. The second-order valence-electron chi connectivity index (χ2n) is 4.81. The van der Waals surface area contributed by atoms with Gasteiger partial charge < -0.3 is 5.11 Å². The van der Waals surface area contributed by atoms with Crippen LogP contribution in [0, 0.1) is 0 Å². The van der Waals surface area contributed by atoms with Crippen molar-refractivity contribution in [1.29, 1.82) is 0 Å². The fourth-order valence-electron chi connectivity index (χ4n) is 2.36. The molecular formula is C14H20BrNO2. The van der Waals surface area contributed by atoms with Crippen LogP contribution in [0.15, 0.2) is 22.7 Å². The third-order valence-corrected chi connectivity index (χ3v) is 3.95. The summed E-state index contributed by atoms with van der Waals surface area (Å²) < 4.78 is 0.969. The Balaban J connectivity index is 2.00. The van der Waals surface area contributed by atoms with E-state index in [1.807, 2.05) is 12.1 Å². The predicted molar refractivity (Wildman–Crippen MR) is 75.3 cm³/mol. The standard InChI is InChI=1S/C14H20BrNO2/c1-2-13(16-18-11-5-3-4-6-11)12-9-10(15)7-8-14(12)17/h7-9,11,13,16-17H,2-6H2,1H3. The van der Waals surface area contributed by atoms with E-state index in [0.717, 1.165) is 29.3 Å². The molecule has 18 heavy (non-hydrogen) atoms. The number of aromatic hydroxyl groups is 1. The fraction of sp³-hybridized carbons (Fsp3) is 0.571. The summed E-state index contributed by atoms with van der Waals surface area (Å²) in [7, 11) is 0. The van der Waals surface area contributed by atoms with E-state index in [0.29, 0.717) is 11.9 Å². The average Bonchev–Trinajstić information content (AvgIpc) is 2.87. The van der Waals surface area contributed by atoms with E-state index >= 15 is 0 Å². The lowest BCUT2D eigenvalue weighted by atomic mass is 10.0. The van der Waals surface area contributed by atoms with E-state index in [-0.39, 0.29) is 6.04 Å². The van der Waals surface area contributed by atoms with Crippen molar-refractivity contribution in [2.75, 3.05) is 0 Å². The Morgan fingerprint density at radius 3 is 2.83 bits per heavy atom. The van der Waals surface area contributed by atoms with Crippen LogP contribution in [0.25, 0.3) is 0 Å². The number of hydroxylamine groups is 1. The van der Waals surface area contributed by atoms with Gasteiger partial charge in [0.25, 0.3) is 0 Å². The summed E-state index contributed by atoms with van der Waals surface area (Å²) in [5, 5.41) is 9.91. The van der Waals surface area contributed by atoms with Gasteiger partial charge in [0.1, 0.15) is 5.75 Å². The van der Waals surface area contributed by atoms with Gasteiger partial charge >= 0.3 is 0 Å². The van der Waals surface area contributed by atoms with Gasteiger partial charge in [0, 0.05) is 10.0 Å². The predicted octanol–water partition coefficient (Wildman–Crippen LogP) is 4.07. The molecule has 0 saturated heterocycles. The number of phenolic OH excluding ortho intramolecular Hbond substituents is 1. The van der Waals surface area contributed by atoms with Gasteiger partial charge in [0.05, 0.1) is 12.1 Å².